The first-order valence-corrected chi connectivity index (χ1v) is 18.4. The third-order valence-corrected chi connectivity index (χ3v) is 15.0. The predicted molar refractivity (Wildman–Crippen MR) is 185 cm³/mol. The molecule has 6 heteroatoms. The zero-order chi connectivity index (χ0) is 30.9. The van der Waals surface area contributed by atoms with Gasteiger partial charge in [-0.2, -0.15) is 0 Å². The second-order valence-electron chi connectivity index (χ2n) is 13.4. The molecule has 1 aliphatic carbocycles. The molecule has 0 aromatic heterocycles. The molecule has 0 radical (unpaired) electrons. The van der Waals surface area contributed by atoms with Crippen LogP contribution in [0.25, 0.3) is 0 Å². The Kier molecular flexibility index (Phi) is 9.08. The Morgan fingerprint density at radius 3 is 1.93 bits per heavy atom. The summed E-state index contributed by atoms with van der Waals surface area (Å²) in [6, 6.07) is 37.6. The van der Waals surface area contributed by atoms with Gasteiger partial charge in [0, 0.05) is 22.4 Å². The number of benzene rings is 4. The molecule has 1 aliphatic heterocycles. The van der Waals surface area contributed by atoms with Crippen molar-refractivity contribution in [3.8, 4) is 0 Å². The fraction of sp³-hybridized carbons (Fsp3) is 0.342. The SMILES string of the molecule is CC(C)(C)[Si](OC[C@H](C1CC1)N1C(=O)CCC(c2cccc(Cl)c2)C1c1ccc(Cl)cc1)(c1ccccc1)c1ccccc1. The van der Waals surface area contributed by atoms with Crippen LogP contribution in [0.15, 0.2) is 109 Å². The standard InChI is InChI=1S/C38H41Cl2NO2Si/c1-38(2,3)44(32-13-6-4-7-14-32,33-15-8-5-9-16-33)43-26-35(27-17-18-27)41-36(42)24-23-34(29-11-10-12-31(40)25-29)37(41)28-19-21-30(39)22-20-28/h4-16,19-22,25,27,34-35,37H,17-18,23-24,26H2,1-3H3/t34?,35-,37?/m1/s1. The van der Waals surface area contributed by atoms with Gasteiger partial charge in [0.2, 0.25) is 5.91 Å². The smallest absolute Gasteiger partial charge is 0.261 e. The number of carbonyl (C=O) groups is 1. The Morgan fingerprint density at radius 1 is 0.773 bits per heavy atom. The summed E-state index contributed by atoms with van der Waals surface area (Å²) < 4.78 is 7.50. The molecular weight excluding hydrogens is 601 g/mol. The lowest BCUT2D eigenvalue weighted by molar-refractivity contribution is -0.142. The van der Waals surface area contributed by atoms with Crippen molar-refractivity contribution >= 4 is 47.8 Å². The largest absolute Gasteiger partial charge is 0.405 e. The molecule has 1 saturated heterocycles. The third-order valence-electron chi connectivity index (χ3n) is 9.54. The summed E-state index contributed by atoms with van der Waals surface area (Å²) in [5.74, 6) is 0.720. The van der Waals surface area contributed by atoms with Gasteiger partial charge in [-0.15, -0.1) is 0 Å². The number of rotatable bonds is 9. The van der Waals surface area contributed by atoms with Crippen LogP contribution in [-0.4, -0.2) is 31.8 Å². The molecule has 4 aromatic rings. The summed E-state index contributed by atoms with van der Waals surface area (Å²) in [4.78, 5) is 16.4. The highest BCUT2D eigenvalue weighted by Gasteiger charge is 2.52. The molecule has 4 aromatic carbocycles. The summed E-state index contributed by atoms with van der Waals surface area (Å²) in [7, 11) is -2.79. The molecule has 1 heterocycles. The molecule has 6 rings (SSSR count). The fourth-order valence-electron chi connectivity index (χ4n) is 7.34. The van der Waals surface area contributed by atoms with Gasteiger partial charge in [-0.3, -0.25) is 4.79 Å². The fourth-order valence-corrected chi connectivity index (χ4v) is 12.2. The van der Waals surface area contributed by atoms with E-state index in [9.17, 15) is 4.79 Å². The first kappa shape index (κ1) is 31.1. The number of hydrogen-bond donors (Lipinski definition) is 0. The van der Waals surface area contributed by atoms with Crippen LogP contribution in [-0.2, 0) is 9.22 Å². The molecule has 3 nitrogen and oxygen atoms in total. The van der Waals surface area contributed by atoms with Crippen LogP contribution in [0.4, 0.5) is 0 Å². The van der Waals surface area contributed by atoms with E-state index in [1.54, 1.807) is 0 Å². The highest BCUT2D eigenvalue weighted by atomic mass is 35.5. The Bertz CT molecular complexity index is 1530. The van der Waals surface area contributed by atoms with Crippen molar-refractivity contribution in [2.45, 2.75) is 69.5 Å². The van der Waals surface area contributed by atoms with E-state index >= 15 is 0 Å². The van der Waals surface area contributed by atoms with Gasteiger partial charge in [0.25, 0.3) is 8.32 Å². The van der Waals surface area contributed by atoms with E-state index in [2.05, 4.69) is 111 Å². The molecule has 2 unspecified atom stereocenters. The summed E-state index contributed by atoms with van der Waals surface area (Å²) in [5, 5.41) is 3.77. The maximum absolute atomic E-state index is 14.2. The van der Waals surface area contributed by atoms with Crippen molar-refractivity contribution in [2.24, 2.45) is 5.92 Å². The third kappa shape index (κ3) is 6.15. The van der Waals surface area contributed by atoms with Crippen LogP contribution in [0, 0.1) is 5.92 Å². The molecule has 0 bridgehead atoms. The van der Waals surface area contributed by atoms with E-state index in [-0.39, 0.29) is 28.9 Å². The number of halogens is 2. The van der Waals surface area contributed by atoms with Gasteiger partial charge in [-0.05, 0) is 76.0 Å². The molecule has 2 fully saturated rings. The van der Waals surface area contributed by atoms with E-state index in [0.29, 0.717) is 24.0 Å². The second kappa shape index (κ2) is 12.8. The number of likely N-dealkylation sites (tertiary alicyclic amines) is 1. The van der Waals surface area contributed by atoms with Gasteiger partial charge in [0.15, 0.2) is 0 Å². The van der Waals surface area contributed by atoms with Crippen LogP contribution in [0.3, 0.4) is 0 Å². The second-order valence-corrected chi connectivity index (χ2v) is 18.6. The Balaban J connectivity index is 1.44. The summed E-state index contributed by atoms with van der Waals surface area (Å²) in [6.45, 7) is 7.42. The van der Waals surface area contributed by atoms with Gasteiger partial charge in [-0.25, -0.2) is 0 Å². The zero-order valence-electron chi connectivity index (χ0n) is 25.8. The Morgan fingerprint density at radius 2 is 1.39 bits per heavy atom. The number of nitrogens with zero attached hydrogens (tertiary/aromatic N) is 1. The Hall–Kier alpha value is -2.89. The van der Waals surface area contributed by atoms with Crippen molar-refractivity contribution < 1.29 is 9.22 Å². The monoisotopic (exact) mass is 641 g/mol. The van der Waals surface area contributed by atoms with Crippen LogP contribution in [0.1, 0.15) is 69.5 Å². The number of carbonyl (C=O) groups excluding carboxylic acids is 1. The lowest BCUT2D eigenvalue weighted by Gasteiger charge is -2.48. The van der Waals surface area contributed by atoms with E-state index < -0.39 is 8.32 Å². The molecule has 1 saturated carbocycles. The first-order chi connectivity index (χ1) is 21.2. The maximum atomic E-state index is 14.2. The van der Waals surface area contributed by atoms with Crippen LogP contribution in [0.5, 0.6) is 0 Å². The van der Waals surface area contributed by atoms with Gasteiger partial charge in [-0.1, -0.05) is 129 Å². The van der Waals surface area contributed by atoms with E-state index in [0.717, 1.165) is 35.4 Å². The average Bonchev–Trinajstić information content (AvgIpc) is 3.86. The molecular formula is C38H41Cl2NO2Si. The highest BCUT2D eigenvalue weighted by molar-refractivity contribution is 6.99. The number of amides is 1. The average molecular weight is 643 g/mol. The molecule has 0 spiro atoms. The van der Waals surface area contributed by atoms with E-state index in [1.807, 2.05) is 24.3 Å². The molecule has 44 heavy (non-hydrogen) atoms. The zero-order valence-corrected chi connectivity index (χ0v) is 28.3. The minimum absolute atomic E-state index is 0.0354. The van der Waals surface area contributed by atoms with Crippen molar-refractivity contribution in [3.05, 3.63) is 130 Å². The van der Waals surface area contributed by atoms with E-state index in [4.69, 9.17) is 27.6 Å². The first-order valence-electron chi connectivity index (χ1n) is 15.8. The van der Waals surface area contributed by atoms with Crippen LogP contribution in [0.2, 0.25) is 15.1 Å². The summed E-state index contributed by atoms with van der Waals surface area (Å²) in [5.41, 5.74) is 2.26. The van der Waals surface area contributed by atoms with Gasteiger partial charge < -0.3 is 9.33 Å². The number of piperidine rings is 1. The van der Waals surface area contributed by atoms with Gasteiger partial charge in [0.05, 0.1) is 18.7 Å². The molecule has 2 aliphatic rings. The lowest BCUT2D eigenvalue weighted by atomic mass is 9.79. The van der Waals surface area contributed by atoms with Crippen LogP contribution >= 0.6 is 23.2 Å². The van der Waals surface area contributed by atoms with Crippen molar-refractivity contribution in [1.29, 1.82) is 0 Å². The lowest BCUT2D eigenvalue weighted by Crippen LogP contribution is -2.67. The predicted octanol–water partition coefficient (Wildman–Crippen LogP) is 8.80. The van der Waals surface area contributed by atoms with Crippen molar-refractivity contribution in [2.75, 3.05) is 6.61 Å². The minimum atomic E-state index is -2.79. The van der Waals surface area contributed by atoms with Crippen molar-refractivity contribution in [3.63, 3.8) is 0 Å². The molecule has 0 N–H and O–H groups in total. The molecule has 1 amide bonds. The highest BCUT2D eigenvalue weighted by Crippen LogP contribution is 2.49. The summed E-state index contributed by atoms with van der Waals surface area (Å²) in [6.07, 6.45) is 3.49. The quantitative estimate of drug-likeness (QED) is 0.171. The number of hydrogen-bond acceptors (Lipinski definition) is 2. The van der Waals surface area contributed by atoms with Gasteiger partial charge >= 0.3 is 0 Å². The minimum Gasteiger partial charge on any atom is -0.405 e. The molecule has 228 valence electrons. The summed E-state index contributed by atoms with van der Waals surface area (Å²) >= 11 is 12.9. The maximum Gasteiger partial charge on any atom is 0.261 e. The van der Waals surface area contributed by atoms with Crippen LogP contribution < -0.4 is 10.4 Å². The molecule has 3 atom stereocenters. The van der Waals surface area contributed by atoms with E-state index in [1.165, 1.54) is 10.4 Å². The normalized spacial score (nSPS) is 20.0. The Labute approximate surface area is 273 Å². The van der Waals surface area contributed by atoms with Gasteiger partial charge in [0.1, 0.15) is 0 Å². The topological polar surface area (TPSA) is 29.5 Å². The van der Waals surface area contributed by atoms with Crippen molar-refractivity contribution in [1.82, 2.24) is 4.90 Å².